The normalized spacial score (nSPS) is 28.4. The number of piperidine rings is 2. The molecule has 0 aliphatic carbocycles. The molecule has 0 aromatic heterocycles. The summed E-state index contributed by atoms with van der Waals surface area (Å²) in [5.74, 6) is 0.615. The molecule has 4 nitrogen and oxygen atoms in total. The van der Waals surface area contributed by atoms with Crippen LogP contribution in [0.25, 0.3) is 0 Å². The van der Waals surface area contributed by atoms with E-state index in [0.717, 1.165) is 32.5 Å². The fraction of sp³-hybridized carbons (Fsp3) is 0.923. The number of ether oxygens (including phenoxy) is 1. The summed E-state index contributed by atoms with van der Waals surface area (Å²) in [6, 6.07) is 0.370. The maximum absolute atomic E-state index is 11.9. The van der Waals surface area contributed by atoms with Gasteiger partial charge in [-0.15, -0.1) is 12.4 Å². The highest BCUT2D eigenvalue weighted by molar-refractivity contribution is 5.85. The SMILES string of the molecule is CC1CCCN(C(=O)OCC2CCCCN2)C1.Cl. The first-order valence-corrected chi connectivity index (χ1v) is 6.91. The lowest BCUT2D eigenvalue weighted by Gasteiger charge is -2.31. The quantitative estimate of drug-likeness (QED) is 0.842. The Morgan fingerprint density at radius 3 is 2.83 bits per heavy atom. The van der Waals surface area contributed by atoms with Gasteiger partial charge in [-0.05, 0) is 38.1 Å². The first-order valence-electron chi connectivity index (χ1n) is 6.91. The van der Waals surface area contributed by atoms with Crippen LogP contribution in [0.3, 0.4) is 0 Å². The summed E-state index contributed by atoms with van der Waals surface area (Å²) >= 11 is 0. The van der Waals surface area contributed by atoms with Crippen LogP contribution in [0, 0.1) is 5.92 Å². The second-order valence-electron chi connectivity index (χ2n) is 5.42. The summed E-state index contributed by atoms with van der Waals surface area (Å²) in [4.78, 5) is 13.7. The lowest BCUT2D eigenvalue weighted by Crippen LogP contribution is -2.43. The molecule has 2 heterocycles. The molecule has 0 aromatic rings. The van der Waals surface area contributed by atoms with E-state index in [0.29, 0.717) is 18.6 Å². The number of hydrogen-bond donors (Lipinski definition) is 1. The minimum atomic E-state index is -0.121. The minimum Gasteiger partial charge on any atom is -0.448 e. The number of halogens is 1. The number of carbonyl (C=O) groups excluding carboxylic acids is 1. The van der Waals surface area contributed by atoms with Gasteiger partial charge in [0.15, 0.2) is 0 Å². The first-order chi connectivity index (χ1) is 8.25. The third-order valence-corrected chi connectivity index (χ3v) is 3.74. The van der Waals surface area contributed by atoms with Crippen LogP contribution in [0.15, 0.2) is 0 Å². The number of hydrogen-bond acceptors (Lipinski definition) is 3. The molecule has 106 valence electrons. The van der Waals surface area contributed by atoms with Crippen molar-refractivity contribution in [2.45, 2.75) is 45.1 Å². The van der Waals surface area contributed by atoms with E-state index in [1.54, 1.807) is 0 Å². The minimum absolute atomic E-state index is 0. The Morgan fingerprint density at radius 2 is 2.17 bits per heavy atom. The van der Waals surface area contributed by atoms with Crippen LogP contribution in [0.2, 0.25) is 0 Å². The van der Waals surface area contributed by atoms with Gasteiger partial charge in [0, 0.05) is 19.1 Å². The summed E-state index contributed by atoms with van der Waals surface area (Å²) in [7, 11) is 0. The van der Waals surface area contributed by atoms with E-state index in [2.05, 4.69) is 12.2 Å². The molecular formula is C13H25ClN2O2. The Balaban J connectivity index is 0.00000162. The highest BCUT2D eigenvalue weighted by Crippen LogP contribution is 2.16. The third kappa shape index (κ3) is 4.65. The monoisotopic (exact) mass is 276 g/mol. The number of likely N-dealkylation sites (tertiary alicyclic amines) is 1. The number of carbonyl (C=O) groups is 1. The molecule has 2 fully saturated rings. The van der Waals surface area contributed by atoms with E-state index >= 15 is 0 Å². The molecule has 18 heavy (non-hydrogen) atoms. The number of rotatable bonds is 2. The van der Waals surface area contributed by atoms with E-state index in [-0.39, 0.29) is 18.5 Å². The van der Waals surface area contributed by atoms with Crippen molar-refractivity contribution in [3.8, 4) is 0 Å². The molecule has 0 bridgehead atoms. The van der Waals surface area contributed by atoms with Gasteiger partial charge in [0.1, 0.15) is 6.61 Å². The van der Waals surface area contributed by atoms with Crippen molar-refractivity contribution in [1.82, 2.24) is 10.2 Å². The number of nitrogens with one attached hydrogen (secondary N) is 1. The van der Waals surface area contributed by atoms with Crippen LogP contribution in [0.4, 0.5) is 4.79 Å². The van der Waals surface area contributed by atoms with Crippen LogP contribution < -0.4 is 5.32 Å². The summed E-state index contributed by atoms with van der Waals surface area (Å²) < 4.78 is 5.39. The van der Waals surface area contributed by atoms with Crippen molar-refractivity contribution in [3.63, 3.8) is 0 Å². The van der Waals surface area contributed by atoms with Crippen LogP contribution >= 0.6 is 12.4 Å². The van der Waals surface area contributed by atoms with Gasteiger partial charge >= 0.3 is 6.09 Å². The molecule has 0 aromatic carbocycles. The molecule has 2 rings (SSSR count). The molecule has 1 amide bonds. The fourth-order valence-corrected chi connectivity index (χ4v) is 2.68. The van der Waals surface area contributed by atoms with E-state index in [1.807, 2.05) is 4.90 Å². The maximum Gasteiger partial charge on any atom is 0.409 e. The summed E-state index contributed by atoms with van der Waals surface area (Å²) in [5, 5.41) is 3.39. The fourth-order valence-electron chi connectivity index (χ4n) is 2.68. The van der Waals surface area contributed by atoms with Gasteiger partial charge in [-0.1, -0.05) is 13.3 Å². The van der Waals surface area contributed by atoms with Gasteiger partial charge < -0.3 is 15.0 Å². The second-order valence-corrected chi connectivity index (χ2v) is 5.42. The van der Waals surface area contributed by atoms with E-state index < -0.39 is 0 Å². The average molecular weight is 277 g/mol. The van der Waals surface area contributed by atoms with Crippen molar-refractivity contribution in [3.05, 3.63) is 0 Å². The first kappa shape index (κ1) is 15.6. The van der Waals surface area contributed by atoms with E-state index in [9.17, 15) is 4.79 Å². The highest BCUT2D eigenvalue weighted by Gasteiger charge is 2.23. The average Bonchev–Trinajstić information content (AvgIpc) is 2.37. The molecule has 2 aliphatic rings. The summed E-state index contributed by atoms with van der Waals surface area (Å²) in [6.45, 7) is 5.51. The van der Waals surface area contributed by atoms with Crippen molar-refractivity contribution in [2.75, 3.05) is 26.2 Å². The van der Waals surface area contributed by atoms with Gasteiger partial charge in [0.2, 0.25) is 0 Å². The van der Waals surface area contributed by atoms with Crippen LogP contribution in [0.5, 0.6) is 0 Å². The summed E-state index contributed by atoms with van der Waals surface area (Å²) in [5.41, 5.74) is 0. The van der Waals surface area contributed by atoms with Crippen molar-refractivity contribution >= 4 is 18.5 Å². The van der Waals surface area contributed by atoms with Crippen molar-refractivity contribution < 1.29 is 9.53 Å². The van der Waals surface area contributed by atoms with Gasteiger partial charge in [0.05, 0.1) is 0 Å². The van der Waals surface area contributed by atoms with E-state index in [1.165, 1.54) is 19.3 Å². The third-order valence-electron chi connectivity index (χ3n) is 3.74. The number of amides is 1. The molecule has 2 unspecified atom stereocenters. The second kappa shape index (κ2) is 7.85. The molecule has 5 heteroatoms. The molecule has 2 aliphatic heterocycles. The molecule has 2 atom stereocenters. The lowest BCUT2D eigenvalue weighted by molar-refractivity contribution is 0.0757. The molecule has 2 saturated heterocycles. The lowest BCUT2D eigenvalue weighted by atomic mass is 10.0. The zero-order valence-electron chi connectivity index (χ0n) is 11.2. The van der Waals surface area contributed by atoms with Crippen LogP contribution in [-0.2, 0) is 4.74 Å². The topological polar surface area (TPSA) is 41.6 Å². The Hall–Kier alpha value is -0.480. The van der Waals surface area contributed by atoms with Crippen molar-refractivity contribution in [1.29, 1.82) is 0 Å². The van der Waals surface area contributed by atoms with Gasteiger partial charge in [-0.3, -0.25) is 0 Å². The predicted molar refractivity (Wildman–Crippen MR) is 74.2 cm³/mol. The Kier molecular flexibility index (Phi) is 6.79. The van der Waals surface area contributed by atoms with Gasteiger partial charge in [-0.2, -0.15) is 0 Å². The largest absolute Gasteiger partial charge is 0.448 e. The zero-order chi connectivity index (χ0) is 12.1. The number of nitrogens with zero attached hydrogens (tertiary/aromatic N) is 1. The Bertz CT molecular complexity index is 257. The Labute approximate surface area is 116 Å². The zero-order valence-corrected chi connectivity index (χ0v) is 12.0. The van der Waals surface area contributed by atoms with Gasteiger partial charge in [0.25, 0.3) is 0 Å². The molecule has 0 spiro atoms. The molecule has 0 saturated carbocycles. The molecular weight excluding hydrogens is 252 g/mol. The smallest absolute Gasteiger partial charge is 0.409 e. The van der Waals surface area contributed by atoms with E-state index in [4.69, 9.17) is 4.74 Å². The molecule has 0 radical (unpaired) electrons. The maximum atomic E-state index is 11.9. The Morgan fingerprint density at radius 1 is 1.33 bits per heavy atom. The molecule has 1 N–H and O–H groups in total. The predicted octanol–water partition coefficient (Wildman–Crippen LogP) is 2.42. The standard InChI is InChI=1S/C13H24N2O2.ClH/c1-11-5-4-8-15(9-11)13(16)17-10-12-6-2-3-7-14-12;/h11-12,14H,2-10H2,1H3;1H. The highest BCUT2D eigenvalue weighted by atomic mass is 35.5. The van der Waals surface area contributed by atoms with Crippen LogP contribution in [-0.4, -0.2) is 43.3 Å². The van der Waals surface area contributed by atoms with Gasteiger partial charge in [-0.25, -0.2) is 4.79 Å². The summed E-state index contributed by atoms with van der Waals surface area (Å²) in [6.07, 6.45) is 5.84. The van der Waals surface area contributed by atoms with Crippen LogP contribution in [0.1, 0.15) is 39.0 Å². The van der Waals surface area contributed by atoms with Crippen molar-refractivity contribution in [2.24, 2.45) is 5.92 Å².